The first-order chi connectivity index (χ1) is 14.0. The predicted molar refractivity (Wildman–Crippen MR) is 93.5 cm³/mol. The Labute approximate surface area is 164 Å². The lowest BCUT2D eigenvalue weighted by Crippen LogP contribution is -2.19. The second-order valence-corrected chi connectivity index (χ2v) is 6.47. The summed E-state index contributed by atoms with van der Waals surface area (Å²) in [5, 5.41) is 4.08. The van der Waals surface area contributed by atoms with Crippen molar-refractivity contribution in [1.82, 2.24) is 14.8 Å². The van der Waals surface area contributed by atoms with Crippen LogP contribution >= 0.6 is 0 Å². The molecule has 0 aliphatic carbocycles. The van der Waals surface area contributed by atoms with Crippen molar-refractivity contribution in [1.29, 1.82) is 0 Å². The van der Waals surface area contributed by atoms with E-state index in [4.69, 9.17) is 0 Å². The van der Waals surface area contributed by atoms with Crippen LogP contribution in [0.4, 0.5) is 32.2 Å². The average molecular weight is 424 g/mol. The molecule has 0 saturated heterocycles. The Balaban J connectivity index is 1.74. The Bertz CT molecular complexity index is 1170. The number of benzene rings is 1. The molecule has 0 N–H and O–H groups in total. The number of carbonyl (C=O) groups is 1. The molecule has 3 heterocycles. The van der Waals surface area contributed by atoms with Crippen molar-refractivity contribution < 1.29 is 31.1 Å². The molecule has 5 nitrogen and oxygen atoms in total. The maximum Gasteiger partial charge on any atom is 0.433 e. The van der Waals surface area contributed by atoms with Crippen LogP contribution in [0.2, 0.25) is 0 Å². The number of alkyl halides is 6. The van der Waals surface area contributed by atoms with Gasteiger partial charge in [0.15, 0.2) is 5.82 Å². The van der Waals surface area contributed by atoms with E-state index in [1.54, 1.807) is 6.92 Å². The first-order valence-corrected chi connectivity index (χ1v) is 8.41. The van der Waals surface area contributed by atoms with Gasteiger partial charge in [-0.15, -0.1) is 0 Å². The highest BCUT2D eigenvalue weighted by Crippen LogP contribution is 2.38. The molecule has 4 rings (SSSR count). The Hall–Kier alpha value is -3.50. The minimum absolute atomic E-state index is 0.0644. The number of hydrogen-bond acceptors (Lipinski definition) is 4. The molecule has 11 heteroatoms. The molecule has 30 heavy (non-hydrogen) atoms. The molecule has 3 aromatic rings. The van der Waals surface area contributed by atoms with E-state index >= 15 is 0 Å². The zero-order chi connectivity index (χ0) is 21.8. The molecule has 1 aliphatic heterocycles. The zero-order valence-electron chi connectivity index (χ0n) is 15.0. The van der Waals surface area contributed by atoms with Crippen LogP contribution in [0.1, 0.15) is 27.3 Å². The van der Waals surface area contributed by atoms with Crippen molar-refractivity contribution in [3.63, 3.8) is 0 Å². The molecule has 154 valence electrons. The molecule has 0 saturated carbocycles. The number of rotatable bonds is 2. The number of aromatic nitrogens is 3. The number of aryl methyl sites for hydroxylation is 1. The van der Waals surface area contributed by atoms with Crippen LogP contribution in [-0.4, -0.2) is 26.4 Å². The van der Waals surface area contributed by atoms with E-state index in [1.165, 1.54) is 12.1 Å². The number of aliphatic imine (C=N–C) groups is 1. The molecule has 1 aromatic carbocycles. The molecular formula is C19H10F6N4O. The molecule has 0 amide bonds. The number of nitrogens with zero attached hydrogens (tertiary/aromatic N) is 4. The van der Waals surface area contributed by atoms with Crippen molar-refractivity contribution >= 4 is 17.4 Å². The van der Waals surface area contributed by atoms with E-state index in [1.807, 2.05) is 0 Å². The van der Waals surface area contributed by atoms with E-state index in [-0.39, 0.29) is 17.1 Å². The Morgan fingerprint density at radius 2 is 1.50 bits per heavy atom. The van der Waals surface area contributed by atoms with Crippen molar-refractivity contribution in [2.45, 2.75) is 19.3 Å². The Morgan fingerprint density at radius 1 is 0.867 bits per heavy atom. The van der Waals surface area contributed by atoms with Gasteiger partial charge in [0, 0.05) is 17.3 Å². The summed E-state index contributed by atoms with van der Waals surface area (Å²) in [7, 11) is 0. The first kappa shape index (κ1) is 19.8. The second-order valence-electron chi connectivity index (χ2n) is 6.47. The fraction of sp³-hybridized carbons (Fsp3) is 0.158. The molecule has 0 bridgehead atoms. The van der Waals surface area contributed by atoms with E-state index in [2.05, 4.69) is 15.1 Å². The van der Waals surface area contributed by atoms with Crippen LogP contribution in [0.15, 0.2) is 47.6 Å². The average Bonchev–Trinajstić information content (AvgIpc) is 3.15. The van der Waals surface area contributed by atoms with Crippen molar-refractivity contribution in [3.8, 4) is 11.1 Å². The number of fused-ring (bicyclic) bond motifs is 1. The minimum Gasteiger partial charge on any atom is -0.265 e. The van der Waals surface area contributed by atoms with Crippen LogP contribution in [-0.2, 0) is 12.4 Å². The van der Waals surface area contributed by atoms with Gasteiger partial charge in [-0.2, -0.15) is 36.1 Å². The Kier molecular flexibility index (Phi) is 4.29. The van der Waals surface area contributed by atoms with E-state index < -0.39 is 29.5 Å². The molecule has 0 fully saturated rings. The normalized spacial score (nSPS) is 14.1. The molecule has 2 aromatic heterocycles. The smallest absolute Gasteiger partial charge is 0.265 e. The van der Waals surface area contributed by atoms with Gasteiger partial charge in [-0.1, -0.05) is 12.1 Å². The molecule has 0 spiro atoms. The predicted octanol–water partition coefficient (Wildman–Crippen LogP) is 5.07. The third-order valence-corrected chi connectivity index (χ3v) is 4.48. The highest BCUT2D eigenvalue weighted by Gasteiger charge is 2.35. The third kappa shape index (κ3) is 3.25. The topological polar surface area (TPSA) is 60.1 Å². The quantitative estimate of drug-likeness (QED) is 0.540. The molecule has 1 aliphatic rings. The Morgan fingerprint density at radius 3 is 2.03 bits per heavy atom. The van der Waals surface area contributed by atoms with Crippen molar-refractivity contribution in [3.05, 3.63) is 65.1 Å². The highest BCUT2D eigenvalue weighted by molar-refractivity contribution is 6.48. The summed E-state index contributed by atoms with van der Waals surface area (Å²) in [6, 6.07) is 6.09. The summed E-state index contributed by atoms with van der Waals surface area (Å²) in [5.74, 6) is -0.583. The molecule has 0 radical (unpaired) electrons. The summed E-state index contributed by atoms with van der Waals surface area (Å²) in [4.78, 5) is 20.1. The lowest BCUT2D eigenvalue weighted by molar-refractivity contribution is -0.141. The SMILES string of the molecule is Cc1nn2c(c1-c1ccc(C(F)(F)F)cc1)N=C(c1ccc(C(F)(F)F)nc1)C2=O. The van der Waals surface area contributed by atoms with Gasteiger partial charge in [0.1, 0.15) is 11.4 Å². The van der Waals surface area contributed by atoms with Gasteiger partial charge in [0.25, 0.3) is 5.91 Å². The maximum atomic E-state index is 12.8. The van der Waals surface area contributed by atoms with Crippen molar-refractivity contribution in [2.24, 2.45) is 4.99 Å². The second kappa shape index (κ2) is 6.51. The van der Waals surface area contributed by atoms with E-state index in [0.717, 1.165) is 35.1 Å². The summed E-state index contributed by atoms with van der Waals surface area (Å²) < 4.78 is 77.4. The van der Waals surface area contributed by atoms with Crippen LogP contribution in [0.25, 0.3) is 11.1 Å². The summed E-state index contributed by atoms with van der Waals surface area (Å²) in [6.07, 6.45) is -8.23. The summed E-state index contributed by atoms with van der Waals surface area (Å²) >= 11 is 0. The number of hydrogen-bond donors (Lipinski definition) is 0. The zero-order valence-corrected chi connectivity index (χ0v) is 15.0. The minimum atomic E-state index is -4.63. The third-order valence-electron chi connectivity index (χ3n) is 4.48. The number of carbonyl (C=O) groups excluding carboxylic acids is 1. The van der Waals surface area contributed by atoms with Gasteiger partial charge in [-0.25, -0.2) is 4.99 Å². The fourth-order valence-electron chi connectivity index (χ4n) is 3.07. The van der Waals surface area contributed by atoms with Gasteiger partial charge in [0.05, 0.1) is 11.3 Å². The van der Waals surface area contributed by atoms with Gasteiger partial charge >= 0.3 is 12.4 Å². The molecular weight excluding hydrogens is 414 g/mol. The van der Waals surface area contributed by atoms with E-state index in [9.17, 15) is 31.1 Å². The largest absolute Gasteiger partial charge is 0.433 e. The van der Waals surface area contributed by atoms with Crippen molar-refractivity contribution in [2.75, 3.05) is 0 Å². The number of pyridine rings is 1. The van der Waals surface area contributed by atoms with E-state index in [0.29, 0.717) is 16.8 Å². The monoisotopic (exact) mass is 424 g/mol. The van der Waals surface area contributed by atoms with Crippen LogP contribution in [0, 0.1) is 6.92 Å². The number of halogens is 6. The summed E-state index contributed by atoms with van der Waals surface area (Å²) in [6.45, 7) is 1.57. The summed E-state index contributed by atoms with van der Waals surface area (Å²) in [5.41, 5.74) is -0.954. The van der Waals surface area contributed by atoms with Gasteiger partial charge in [0.2, 0.25) is 0 Å². The molecule has 0 unspecified atom stereocenters. The van der Waals surface area contributed by atoms with Crippen LogP contribution in [0.5, 0.6) is 0 Å². The van der Waals surface area contributed by atoms with Gasteiger partial charge in [-0.05, 0) is 36.8 Å². The fourth-order valence-corrected chi connectivity index (χ4v) is 3.07. The first-order valence-electron chi connectivity index (χ1n) is 8.41. The highest BCUT2D eigenvalue weighted by atomic mass is 19.4. The van der Waals surface area contributed by atoms with Crippen LogP contribution in [0.3, 0.4) is 0 Å². The standard InChI is InChI=1S/C19H10F6N4O/c1-9-14(10-2-5-12(6-3-10)18(20,21)22)16-27-15(17(30)29(16)28-9)11-4-7-13(26-8-11)19(23,24)25/h2-8H,1H3. The van der Waals surface area contributed by atoms with Crippen LogP contribution < -0.4 is 0 Å². The molecule has 0 atom stereocenters. The maximum absolute atomic E-state index is 12.8. The lowest BCUT2D eigenvalue weighted by atomic mass is 10.0. The van der Waals surface area contributed by atoms with Gasteiger partial charge < -0.3 is 0 Å². The van der Waals surface area contributed by atoms with Gasteiger partial charge in [-0.3, -0.25) is 9.78 Å². The lowest BCUT2D eigenvalue weighted by Gasteiger charge is -2.07.